The van der Waals surface area contributed by atoms with E-state index in [-0.39, 0.29) is 0 Å². The quantitative estimate of drug-likeness (QED) is 0.834. The highest BCUT2D eigenvalue weighted by Gasteiger charge is 2.30. The van der Waals surface area contributed by atoms with Crippen molar-refractivity contribution in [3.63, 3.8) is 0 Å². The molecule has 0 saturated carbocycles. The number of nitrogen functional groups attached to an aromatic ring is 1. The molecule has 3 rings (SSSR count). The number of pyridine rings is 1. The van der Waals surface area contributed by atoms with Crippen molar-refractivity contribution in [3.05, 3.63) is 30.5 Å². The van der Waals surface area contributed by atoms with Crippen LogP contribution in [0.3, 0.4) is 0 Å². The molecule has 3 heteroatoms. The number of hydrogen-bond donors (Lipinski definition) is 1. The lowest BCUT2D eigenvalue weighted by Gasteiger charge is -2.31. The van der Waals surface area contributed by atoms with Crippen LogP contribution in [0, 0.1) is 0 Å². The van der Waals surface area contributed by atoms with Gasteiger partial charge in [0.2, 0.25) is 0 Å². The molecule has 0 bridgehead atoms. The third kappa shape index (κ3) is 1.93. The van der Waals surface area contributed by atoms with Gasteiger partial charge < -0.3 is 10.6 Å². The van der Waals surface area contributed by atoms with Crippen LogP contribution >= 0.6 is 0 Å². The van der Waals surface area contributed by atoms with Crippen molar-refractivity contribution < 1.29 is 0 Å². The van der Waals surface area contributed by atoms with Gasteiger partial charge in [-0.25, -0.2) is 0 Å². The second-order valence-corrected chi connectivity index (χ2v) is 5.47. The molecule has 2 aromatic rings. The second kappa shape index (κ2) is 4.72. The molecule has 100 valence electrons. The Hall–Kier alpha value is -1.77. The van der Waals surface area contributed by atoms with Crippen molar-refractivity contribution in [1.82, 2.24) is 4.98 Å². The smallest absolute Gasteiger partial charge is 0.0951 e. The van der Waals surface area contributed by atoms with Crippen LogP contribution in [-0.4, -0.2) is 17.1 Å². The number of nitrogens with zero attached hydrogens (tertiary/aromatic N) is 2. The topological polar surface area (TPSA) is 42.2 Å². The lowest BCUT2D eigenvalue weighted by atomic mass is 10.1. The summed E-state index contributed by atoms with van der Waals surface area (Å²) >= 11 is 0. The van der Waals surface area contributed by atoms with Gasteiger partial charge in [-0.15, -0.1) is 0 Å². The Morgan fingerprint density at radius 2 is 2.16 bits per heavy atom. The number of nitrogens with two attached hydrogens (primary N) is 1. The first kappa shape index (κ1) is 12.3. The fourth-order valence-corrected chi connectivity index (χ4v) is 3.32. The minimum Gasteiger partial charge on any atom is -0.397 e. The van der Waals surface area contributed by atoms with E-state index in [1.165, 1.54) is 30.3 Å². The summed E-state index contributed by atoms with van der Waals surface area (Å²) in [6, 6.07) is 9.44. The highest BCUT2D eigenvalue weighted by molar-refractivity contribution is 5.98. The molecule has 0 amide bonds. The van der Waals surface area contributed by atoms with Gasteiger partial charge in [0.05, 0.1) is 11.2 Å². The van der Waals surface area contributed by atoms with E-state index in [1.807, 2.05) is 18.3 Å². The third-order valence-electron chi connectivity index (χ3n) is 4.31. The van der Waals surface area contributed by atoms with Gasteiger partial charge in [-0.2, -0.15) is 0 Å². The second-order valence-electron chi connectivity index (χ2n) is 5.47. The van der Waals surface area contributed by atoms with E-state index in [9.17, 15) is 0 Å². The Balaban J connectivity index is 2.17. The lowest BCUT2D eigenvalue weighted by molar-refractivity contribution is 0.629. The average Bonchev–Trinajstić information content (AvgIpc) is 2.80. The lowest BCUT2D eigenvalue weighted by Crippen LogP contribution is -2.34. The molecule has 1 fully saturated rings. The number of aromatic nitrogens is 1. The summed E-state index contributed by atoms with van der Waals surface area (Å²) < 4.78 is 0. The van der Waals surface area contributed by atoms with Crippen LogP contribution in [0.1, 0.15) is 33.1 Å². The molecule has 2 atom stereocenters. The first-order valence-corrected chi connectivity index (χ1v) is 7.14. The van der Waals surface area contributed by atoms with E-state index in [4.69, 9.17) is 5.73 Å². The van der Waals surface area contributed by atoms with Gasteiger partial charge in [-0.1, -0.05) is 19.1 Å². The van der Waals surface area contributed by atoms with Gasteiger partial charge in [0.25, 0.3) is 0 Å². The van der Waals surface area contributed by atoms with Crippen LogP contribution in [0.15, 0.2) is 30.5 Å². The van der Waals surface area contributed by atoms with E-state index in [1.54, 1.807) is 0 Å². The van der Waals surface area contributed by atoms with E-state index in [0.717, 1.165) is 11.2 Å². The third-order valence-corrected chi connectivity index (χ3v) is 4.31. The summed E-state index contributed by atoms with van der Waals surface area (Å²) in [4.78, 5) is 7.00. The molecule has 1 saturated heterocycles. The fraction of sp³-hybridized carbons (Fsp3) is 0.438. The molecule has 0 radical (unpaired) electrons. The van der Waals surface area contributed by atoms with Crippen molar-refractivity contribution in [1.29, 1.82) is 0 Å². The van der Waals surface area contributed by atoms with Crippen LogP contribution in [0.5, 0.6) is 0 Å². The standard InChI is InChI=1S/C16H21N3/c1-3-12-8-7-11(2)19(12)15-9-10-18-16-13(15)5-4-6-14(16)17/h4-6,9-12H,3,7-8,17H2,1-2H3. The Labute approximate surface area is 114 Å². The van der Waals surface area contributed by atoms with Gasteiger partial charge in [-0.05, 0) is 38.3 Å². The maximum Gasteiger partial charge on any atom is 0.0951 e. The summed E-state index contributed by atoms with van der Waals surface area (Å²) in [6.45, 7) is 4.58. The Morgan fingerprint density at radius 1 is 1.32 bits per heavy atom. The summed E-state index contributed by atoms with van der Waals surface area (Å²) in [7, 11) is 0. The zero-order valence-electron chi connectivity index (χ0n) is 11.6. The van der Waals surface area contributed by atoms with Crippen LogP contribution in [0.25, 0.3) is 10.9 Å². The van der Waals surface area contributed by atoms with Crippen LogP contribution in [0.2, 0.25) is 0 Å². The zero-order valence-corrected chi connectivity index (χ0v) is 11.6. The number of hydrogen-bond acceptors (Lipinski definition) is 3. The monoisotopic (exact) mass is 255 g/mol. The minimum absolute atomic E-state index is 0.594. The molecular weight excluding hydrogens is 234 g/mol. The van der Waals surface area contributed by atoms with Gasteiger partial charge in [-0.3, -0.25) is 4.98 Å². The molecule has 3 nitrogen and oxygen atoms in total. The predicted octanol–water partition coefficient (Wildman–Crippen LogP) is 3.58. The molecular formula is C16H21N3. The largest absolute Gasteiger partial charge is 0.397 e. The van der Waals surface area contributed by atoms with Crippen molar-refractivity contribution in [3.8, 4) is 0 Å². The molecule has 2 heterocycles. The van der Waals surface area contributed by atoms with E-state index in [2.05, 4.69) is 35.9 Å². The van der Waals surface area contributed by atoms with Crippen LogP contribution < -0.4 is 10.6 Å². The number of rotatable bonds is 2. The first-order chi connectivity index (χ1) is 9.22. The van der Waals surface area contributed by atoms with Gasteiger partial charge in [0, 0.05) is 29.4 Å². The Kier molecular flexibility index (Phi) is 3.05. The van der Waals surface area contributed by atoms with Crippen molar-refractivity contribution in [2.24, 2.45) is 0 Å². The molecule has 0 aliphatic carbocycles. The van der Waals surface area contributed by atoms with Gasteiger partial charge >= 0.3 is 0 Å². The Bertz CT molecular complexity index is 594. The summed E-state index contributed by atoms with van der Waals surface area (Å²) in [6.07, 6.45) is 5.62. The minimum atomic E-state index is 0.594. The molecule has 1 aromatic heterocycles. The van der Waals surface area contributed by atoms with Gasteiger partial charge in [0.15, 0.2) is 0 Å². The van der Waals surface area contributed by atoms with Crippen LogP contribution in [-0.2, 0) is 0 Å². The molecule has 0 spiro atoms. The first-order valence-electron chi connectivity index (χ1n) is 7.14. The predicted molar refractivity (Wildman–Crippen MR) is 81.4 cm³/mol. The molecule has 1 aliphatic heterocycles. The Morgan fingerprint density at radius 3 is 2.95 bits per heavy atom. The van der Waals surface area contributed by atoms with Crippen molar-refractivity contribution >= 4 is 22.3 Å². The molecule has 19 heavy (non-hydrogen) atoms. The van der Waals surface area contributed by atoms with Crippen molar-refractivity contribution in [2.75, 3.05) is 10.6 Å². The van der Waals surface area contributed by atoms with Crippen LogP contribution in [0.4, 0.5) is 11.4 Å². The number of para-hydroxylation sites is 1. The highest BCUT2D eigenvalue weighted by atomic mass is 15.2. The SMILES string of the molecule is CCC1CCC(C)N1c1ccnc2c(N)cccc12. The highest BCUT2D eigenvalue weighted by Crippen LogP contribution is 2.36. The maximum absolute atomic E-state index is 6.04. The average molecular weight is 255 g/mol. The normalized spacial score (nSPS) is 23.2. The number of benzene rings is 1. The molecule has 1 aliphatic rings. The van der Waals surface area contributed by atoms with Gasteiger partial charge in [0.1, 0.15) is 0 Å². The fourth-order valence-electron chi connectivity index (χ4n) is 3.32. The summed E-state index contributed by atoms with van der Waals surface area (Å²) in [5, 5.41) is 1.18. The number of fused-ring (bicyclic) bond motifs is 1. The summed E-state index contributed by atoms with van der Waals surface area (Å²) in [5.41, 5.74) is 9.02. The van der Waals surface area contributed by atoms with E-state index in [0.29, 0.717) is 12.1 Å². The maximum atomic E-state index is 6.04. The summed E-state index contributed by atoms with van der Waals surface area (Å²) in [5.74, 6) is 0. The van der Waals surface area contributed by atoms with Crippen molar-refractivity contribution in [2.45, 2.75) is 45.2 Å². The van der Waals surface area contributed by atoms with E-state index >= 15 is 0 Å². The van der Waals surface area contributed by atoms with E-state index < -0.39 is 0 Å². The molecule has 2 N–H and O–H groups in total. The molecule has 2 unspecified atom stereocenters. The zero-order chi connectivity index (χ0) is 13.4. The number of anilines is 2. The molecule has 1 aromatic carbocycles.